The van der Waals surface area contributed by atoms with E-state index < -0.39 is 0 Å². The van der Waals surface area contributed by atoms with Gasteiger partial charge in [0.05, 0.1) is 0 Å². The highest BCUT2D eigenvalue weighted by Gasteiger charge is 2.06. The van der Waals surface area contributed by atoms with Gasteiger partial charge >= 0.3 is 0 Å². The number of unbranched alkanes of at least 4 members (excludes halogenated alkanes) is 1. The van der Waals surface area contributed by atoms with Crippen molar-refractivity contribution in [2.45, 2.75) is 72.8 Å². The van der Waals surface area contributed by atoms with E-state index in [0.29, 0.717) is 0 Å². The summed E-state index contributed by atoms with van der Waals surface area (Å²) in [5.74, 6) is 0. The van der Waals surface area contributed by atoms with Gasteiger partial charge < -0.3 is 0 Å². The van der Waals surface area contributed by atoms with Gasteiger partial charge in [-0.05, 0) is 71.9 Å². The summed E-state index contributed by atoms with van der Waals surface area (Å²) < 4.78 is 2.37. The molecule has 0 aliphatic rings. The molecule has 0 aliphatic carbocycles. The molecule has 0 saturated carbocycles. The van der Waals surface area contributed by atoms with Crippen LogP contribution >= 0.6 is 0 Å². The van der Waals surface area contributed by atoms with Gasteiger partial charge in [-0.2, -0.15) is 4.57 Å². The van der Waals surface area contributed by atoms with Gasteiger partial charge in [0.2, 0.25) is 5.52 Å². The number of allylic oxidation sites excluding steroid dienone is 6. The van der Waals surface area contributed by atoms with Gasteiger partial charge in [0.1, 0.15) is 6.54 Å². The lowest BCUT2D eigenvalue weighted by Gasteiger charge is -2.02. The minimum atomic E-state index is 1.08. The van der Waals surface area contributed by atoms with Crippen molar-refractivity contribution in [3.8, 4) is 0 Å². The second-order valence-corrected chi connectivity index (χ2v) is 7.86. The molecule has 0 atom stereocenters. The second kappa shape index (κ2) is 11.5. The van der Waals surface area contributed by atoms with Gasteiger partial charge in [-0.3, -0.25) is 0 Å². The molecular weight excluding hydrogens is 326 g/mol. The third-order valence-electron chi connectivity index (χ3n) is 5.01. The van der Waals surface area contributed by atoms with E-state index in [1.165, 1.54) is 59.7 Å². The van der Waals surface area contributed by atoms with Crippen LogP contribution < -0.4 is 4.57 Å². The molecule has 1 aromatic carbocycles. The molecule has 1 heterocycles. The highest BCUT2D eigenvalue weighted by atomic mass is 14.9. The van der Waals surface area contributed by atoms with E-state index in [-0.39, 0.29) is 0 Å². The Morgan fingerprint density at radius 2 is 1.41 bits per heavy atom. The summed E-state index contributed by atoms with van der Waals surface area (Å²) in [4.78, 5) is 0. The van der Waals surface area contributed by atoms with E-state index in [1.807, 2.05) is 0 Å². The number of pyridine rings is 1. The lowest BCUT2D eigenvalue weighted by molar-refractivity contribution is -0.671. The number of benzene rings is 1. The lowest BCUT2D eigenvalue weighted by Crippen LogP contribution is -2.33. The van der Waals surface area contributed by atoms with Crippen molar-refractivity contribution < 1.29 is 4.57 Å². The maximum absolute atomic E-state index is 2.43. The second-order valence-electron chi connectivity index (χ2n) is 7.86. The first-order chi connectivity index (χ1) is 13.1. The normalized spacial score (nSPS) is 12.4. The van der Waals surface area contributed by atoms with Gasteiger partial charge in [-0.15, -0.1) is 0 Å². The topological polar surface area (TPSA) is 3.88 Å². The molecule has 0 radical (unpaired) electrons. The van der Waals surface area contributed by atoms with E-state index in [2.05, 4.69) is 93.1 Å². The lowest BCUT2D eigenvalue weighted by atomic mass is 10.1. The summed E-state index contributed by atoms with van der Waals surface area (Å²) in [6.07, 6.45) is 16.4. The molecule has 0 saturated heterocycles. The zero-order valence-corrected chi connectivity index (χ0v) is 17.7. The van der Waals surface area contributed by atoms with Gasteiger partial charge in [0.25, 0.3) is 0 Å². The molecular formula is C26H36N+. The molecule has 1 aromatic heterocycles. The van der Waals surface area contributed by atoms with Crippen LogP contribution in [0.2, 0.25) is 0 Å². The van der Waals surface area contributed by atoms with E-state index >= 15 is 0 Å². The Balaban J connectivity index is 1.72. The quantitative estimate of drug-likeness (QED) is 0.237. The molecule has 0 unspecified atom stereocenters. The fraction of sp³-hybridized carbons (Fsp3) is 0.423. The number of aromatic nitrogens is 1. The molecule has 144 valence electrons. The van der Waals surface area contributed by atoms with Crippen LogP contribution in [0.5, 0.6) is 0 Å². The van der Waals surface area contributed by atoms with Crippen molar-refractivity contribution in [3.05, 3.63) is 77.5 Å². The maximum atomic E-state index is 2.43. The van der Waals surface area contributed by atoms with Crippen LogP contribution in [0.4, 0.5) is 0 Å². The van der Waals surface area contributed by atoms with Crippen LogP contribution in [-0.2, 0) is 6.54 Å². The molecule has 2 aromatic rings. The van der Waals surface area contributed by atoms with Gasteiger partial charge in [-0.25, -0.2) is 0 Å². The van der Waals surface area contributed by atoms with E-state index in [0.717, 1.165) is 13.0 Å². The monoisotopic (exact) mass is 362 g/mol. The number of para-hydroxylation sites is 1. The minimum absolute atomic E-state index is 1.08. The summed E-state index contributed by atoms with van der Waals surface area (Å²) in [6.45, 7) is 9.96. The summed E-state index contributed by atoms with van der Waals surface area (Å²) in [5, 5.41) is 1.32. The van der Waals surface area contributed by atoms with Crippen molar-refractivity contribution in [1.29, 1.82) is 0 Å². The molecule has 0 amide bonds. The van der Waals surface area contributed by atoms with Crippen molar-refractivity contribution in [1.82, 2.24) is 0 Å². The third-order valence-corrected chi connectivity index (χ3v) is 5.01. The molecule has 0 aliphatic heterocycles. The summed E-state index contributed by atoms with van der Waals surface area (Å²) >= 11 is 0. The number of fused-ring (bicyclic) bond motifs is 1. The Morgan fingerprint density at radius 1 is 0.778 bits per heavy atom. The number of aryl methyl sites for hydroxylation is 1. The van der Waals surface area contributed by atoms with E-state index in [1.54, 1.807) is 0 Å². The summed E-state index contributed by atoms with van der Waals surface area (Å²) in [5.41, 5.74) is 5.79. The van der Waals surface area contributed by atoms with Crippen molar-refractivity contribution >= 4 is 10.9 Å². The first-order valence-corrected chi connectivity index (χ1v) is 10.4. The average molecular weight is 363 g/mol. The molecule has 2 rings (SSSR count). The predicted molar refractivity (Wildman–Crippen MR) is 119 cm³/mol. The van der Waals surface area contributed by atoms with Crippen molar-refractivity contribution in [3.63, 3.8) is 0 Å². The SMILES string of the molecule is CC(C)=CCC/C(C)=C\CC/C(C)=C/CCC[n+]1cccc2ccccc21. The van der Waals surface area contributed by atoms with Gasteiger partial charge in [0, 0.05) is 23.9 Å². The molecule has 0 fully saturated rings. The van der Waals surface area contributed by atoms with Crippen molar-refractivity contribution in [2.75, 3.05) is 0 Å². The Labute approximate surface area is 166 Å². The smallest absolute Gasteiger partial charge is 0.198 e. The van der Waals surface area contributed by atoms with Gasteiger partial charge in [0.15, 0.2) is 6.20 Å². The molecule has 1 nitrogen and oxygen atoms in total. The molecule has 0 N–H and O–H groups in total. The number of rotatable bonds is 10. The zero-order valence-electron chi connectivity index (χ0n) is 17.7. The molecule has 27 heavy (non-hydrogen) atoms. The minimum Gasteiger partial charge on any atom is -0.198 e. The van der Waals surface area contributed by atoms with E-state index in [4.69, 9.17) is 0 Å². The fourth-order valence-electron chi connectivity index (χ4n) is 3.36. The Bertz CT molecular complexity index is 799. The number of hydrogen-bond acceptors (Lipinski definition) is 0. The highest BCUT2D eigenvalue weighted by molar-refractivity contribution is 5.74. The molecule has 1 heteroatoms. The summed E-state index contributed by atoms with van der Waals surface area (Å²) in [7, 11) is 0. The zero-order chi connectivity index (χ0) is 19.5. The molecule has 0 spiro atoms. The molecule has 0 bridgehead atoms. The van der Waals surface area contributed by atoms with Crippen LogP contribution in [-0.4, -0.2) is 0 Å². The number of nitrogens with zero attached hydrogens (tertiary/aromatic N) is 1. The van der Waals surface area contributed by atoms with Crippen LogP contribution in [0.3, 0.4) is 0 Å². The fourth-order valence-corrected chi connectivity index (χ4v) is 3.36. The number of hydrogen-bond donors (Lipinski definition) is 0. The van der Waals surface area contributed by atoms with Gasteiger partial charge in [-0.1, -0.05) is 47.1 Å². The van der Waals surface area contributed by atoms with Crippen LogP contribution in [0, 0.1) is 0 Å². The first-order valence-electron chi connectivity index (χ1n) is 10.4. The highest BCUT2D eigenvalue weighted by Crippen LogP contribution is 2.12. The predicted octanol–water partition coefficient (Wildman–Crippen LogP) is 7.33. The standard InChI is InChI=1S/C26H36N/c1-22(2)12-9-14-24(4)16-10-15-23(3)13-7-8-20-27-21-11-18-25-17-5-6-19-26(25)27/h5-6,11-13,16-19,21H,7-10,14-15,20H2,1-4H3/q+1/b23-13+,24-16-. The van der Waals surface area contributed by atoms with Crippen LogP contribution in [0.25, 0.3) is 10.9 Å². The third kappa shape index (κ3) is 7.95. The van der Waals surface area contributed by atoms with Crippen LogP contribution in [0.1, 0.15) is 66.2 Å². The largest absolute Gasteiger partial charge is 0.212 e. The summed E-state index contributed by atoms with van der Waals surface area (Å²) in [6, 6.07) is 13.0. The van der Waals surface area contributed by atoms with Crippen LogP contribution in [0.15, 0.2) is 77.5 Å². The maximum Gasteiger partial charge on any atom is 0.212 e. The van der Waals surface area contributed by atoms with Crippen molar-refractivity contribution in [2.24, 2.45) is 0 Å². The first kappa shape index (κ1) is 21.2. The Hall–Kier alpha value is -2.15. The average Bonchev–Trinajstić information content (AvgIpc) is 2.65. The Morgan fingerprint density at radius 3 is 2.15 bits per heavy atom. The van der Waals surface area contributed by atoms with E-state index in [9.17, 15) is 0 Å². The Kier molecular flexibility index (Phi) is 9.04.